The molecule has 0 aliphatic heterocycles. The fraction of sp³-hybridized carbons (Fsp3) is 0.875. The predicted octanol–water partition coefficient (Wildman–Crippen LogP) is 4.74. The largest absolute Gasteiger partial charge is 0.481 e. The van der Waals surface area contributed by atoms with Gasteiger partial charge in [0, 0.05) is 6.42 Å². The van der Waals surface area contributed by atoms with Crippen molar-refractivity contribution in [3.8, 4) is 0 Å². The number of hydrogen-bond acceptors (Lipinski definition) is 5. The molecule has 4 bridgehead atoms. The Morgan fingerprint density at radius 1 is 1.13 bits per heavy atom. The molecule has 4 aliphatic rings. The molecule has 4 saturated carbocycles. The SMILES string of the molecule is CCCCOC(=O)C(C)(CC)CC(C)C(=O)OC12CC3CC(C1)CC(C(=O)O)(C3)C2. The summed E-state index contributed by atoms with van der Waals surface area (Å²) in [7, 11) is 0. The highest BCUT2D eigenvalue weighted by Gasteiger charge is 2.62. The lowest BCUT2D eigenvalue weighted by molar-refractivity contribution is -0.213. The summed E-state index contributed by atoms with van der Waals surface area (Å²) in [5, 5.41) is 9.88. The minimum absolute atomic E-state index is 0.252. The first-order valence-electron chi connectivity index (χ1n) is 11.7. The van der Waals surface area contributed by atoms with Crippen LogP contribution in [0.15, 0.2) is 0 Å². The number of rotatable bonds is 10. The van der Waals surface area contributed by atoms with Crippen LogP contribution in [0.4, 0.5) is 0 Å². The molecule has 0 heterocycles. The van der Waals surface area contributed by atoms with E-state index in [2.05, 4.69) is 0 Å². The van der Waals surface area contributed by atoms with E-state index < -0.39 is 28.3 Å². The fourth-order valence-electron chi connectivity index (χ4n) is 6.48. The normalized spacial score (nSPS) is 34.8. The highest BCUT2D eigenvalue weighted by Crippen LogP contribution is 2.63. The quantitative estimate of drug-likeness (QED) is 0.404. The zero-order valence-corrected chi connectivity index (χ0v) is 19.0. The van der Waals surface area contributed by atoms with Crippen molar-refractivity contribution in [3.05, 3.63) is 0 Å². The van der Waals surface area contributed by atoms with Crippen molar-refractivity contribution in [2.75, 3.05) is 6.61 Å². The second kappa shape index (κ2) is 8.51. The number of ether oxygens (including phenoxy) is 2. The zero-order valence-electron chi connectivity index (χ0n) is 19.0. The van der Waals surface area contributed by atoms with Gasteiger partial charge < -0.3 is 14.6 Å². The van der Waals surface area contributed by atoms with Crippen molar-refractivity contribution in [3.63, 3.8) is 0 Å². The van der Waals surface area contributed by atoms with Crippen LogP contribution in [0, 0.1) is 28.6 Å². The van der Waals surface area contributed by atoms with Crippen LogP contribution in [0.2, 0.25) is 0 Å². The van der Waals surface area contributed by atoms with Crippen LogP contribution in [0.3, 0.4) is 0 Å². The number of esters is 2. The van der Waals surface area contributed by atoms with Gasteiger partial charge in [-0.15, -0.1) is 0 Å². The van der Waals surface area contributed by atoms with Gasteiger partial charge in [-0.1, -0.05) is 27.2 Å². The number of carboxylic acid groups (broad SMARTS) is 1. The van der Waals surface area contributed by atoms with E-state index in [4.69, 9.17) is 9.47 Å². The topological polar surface area (TPSA) is 89.9 Å². The van der Waals surface area contributed by atoms with Gasteiger partial charge in [0.05, 0.1) is 23.4 Å². The van der Waals surface area contributed by atoms with E-state index in [0.29, 0.717) is 50.5 Å². The lowest BCUT2D eigenvalue weighted by Crippen LogP contribution is -2.60. The average molecular weight is 423 g/mol. The molecule has 4 unspecified atom stereocenters. The Morgan fingerprint density at radius 2 is 1.77 bits per heavy atom. The minimum Gasteiger partial charge on any atom is -0.481 e. The zero-order chi connectivity index (χ0) is 22.2. The molecule has 4 fully saturated rings. The molecule has 170 valence electrons. The Labute approximate surface area is 180 Å². The summed E-state index contributed by atoms with van der Waals surface area (Å²) < 4.78 is 11.5. The molecule has 0 radical (unpaired) electrons. The van der Waals surface area contributed by atoms with E-state index in [0.717, 1.165) is 32.1 Å². The maximum atomic E-state index is 13.1. The third kappa shape index (κ3) is 4.38. The Balaban J connectivity index is 1.65. The van der Waals surface area contributed by atoms with Crippen LogP contribution in [-0.4, -0.2) is 35.2 Å². The monoisotopic (exact) mass is 422 g/mol. The number of carbonyl (C=O) groups is 3. The number of aliphatic carboxylic acids is 1. The lowest BCUT2D eigenvalue weighted by Gasteiger charge is -2.59. The van der Waals surface area contributed by atoms with Crippen LogP contribution in [-0.2, 0) is 23.9 Å². The van der Waals surface area contributed by atoms with Gasteiger partial charge in [0.15, 0.2) is 0 Å². The lowest BCUT2D eigenvalue weighted by atomic mass is 9.48. The number of hydrogen-bond donors (Lipinski definition) is 1. The number of unbranched alkanes of at least 4 members (excludes halogenated alkanes) is 1. The first-order chi connectivity index (χ1) is 14.1. The summed E-state index contributed by atoms with van der Waals surface area (Å²) >= 11 is 0. The molecule has 0 amide bonds. The maximum Gasteiger partial charge on any atom is 0.311 e. The molecule has 4 aliphatic carbocycles. The molecule has 0 aromatic rings. The van der Waals surface area contributed by atoms with Crippen LogP contribution in [0.1, 0.15) is 91.9 Å². The summed E-state index contributed by atoms with van der Waals surface area (Å²) in [6.45, 7) is 8.06. The first-order valence-corrected chi connectivity index (χ1v) is 11.7. The van der Waals surface area contributed by atoms with Gasteiger partial charge in [-0.05, 0) is 70.1 Å². The van der Waals surface area contributed by atoms with Crippen LogP contribution in [0.25, 0.3) is 0 Å². The minimum atomic E-state index is -0.738. The number of carbonyl (C=O) groups excluding carboxylic acids is 2. The summed E-state index contributed by atoms with van der Waals surface area (Å²) in [6, 6.07) is 0. The van der Waals surface area contributed by atoms with Crippen molar-refractivity contribution in [1.82, 2.24) is 0 Å². The van der Waals surface area contributed by atoms with Crippen molar-refractivity contribution >= 4 is 17.9 Å². The third-order valence-electron chi connectivity index (χ3n) is 7.94. The smallest absolute Gasteiger partial charge is 0.311 e. The van der Waals surface area contributed by atoms with Gasteiger partial charge in [0.25, 0.3) is 0 Å². The molecule has 0 aromatic carbocycles. The summed E-state index contributed by atoms with van der Waals surface area (Å²) in [5.41, 5.74) is -2.09. The standard InChI is InChI=1S/C24H38O6/c1-5-7-8-29-21(28)22(4,6-2)10-16(3)19(25)30-24-13-17-9-18(14-24)12-23(11-17,15-24)20(26)27/h16-18H,5-15H2,1-4H3,(H,26,27). The molecule has 0 spiro atoms. The van der Waals surface area contributed by atoms with E-state index in [1.165, 1.54) is 0 Å². The van der Waals surface area contributed by atoms with Gasteiger partial charge in [-0.2, -0.15) is 0 Å². The fourth-order valence-corrected chi connectivity index (χ4v) is 6.48. The third-order valence-corrected chi connectivity index (χ3v) is 7.94. The van der Waals surface area contributed by atoms with E-state index in [1.807, 2.05) is 27.7 Å². The molecule has 30 heavy (non-hydrogen) atoms. The van der Waals surface area contributed by atoms with Crippen LogP contribution >= 0.6 is 0 Å². The van der Waals surface area contributed by atoms with Crippen molar-refractivity contribution in [2.45, 2.75) is 97.5 Å². The van der Waals surface area contributed by atoms with Crippen molar-refractivity contribution < 1.29 is 29.0 Å². The highest BCUT2D eigenvalue weighted by atomic mass is 16.6. The summed E-state index contributed by atoms with van der Waals surface area (Å²) in [5.74, 6) is -1.07. The second-order valence-corrected chi connectivity index (χ2v) is 10.7. The Kier molecular flexibility index (Phi) is 6.54. The first kappa shape index (κ1) is 23.1. The average Bonchev–Trinajstić information content (AvgIpc) is 2.66. The molecule has 6 heteroatoms. The molecule has 6 nitrogen and oxygen atoms in total. The van der Waals surface area contributed by atoms with E-state index >= 15 is 0 Å². The van der Waals surface area contributed by atoms with Crippen LogP contribution in [0.5, 0.6) is 0 Å². The molecule has 1 N–H and O–H groups in total. The van der Waals surface area contributed by atoms with Gasteiger partial charge in [-0.3, -0.25) is 14.4 Å². The highest BCUT2D eigenvalue weighted by molar-refractivity contribution is 5.79. The van der Waals surface area contributed by atoms with Gasteiger partial charge in [0.2, 0.25) is 0 Å². The molecule has 4 rings (SSSR count). The van der Waals surface area contributed by atoms with Gasteiger partial charge in [-0.25, -0.2) is 0 Å². The molecule has 0 saturated heterocycles. The molecule has 4 atom stereocenters. The van der Waals surface area contributed by atoms with Gasteiger partial charge in [0.1, 0.15) is 5.60 Å². The predicted molar refractivity (Wildman–Crippen MR) is 112 cm³/mol. The Morgan fingerprint density at radius 3 is 2.30 bits per heavy atom. The molecular weight excluding hydrogens is 384 g/mol. The number of carboxylic acids is 1. The second-order valence-electron chi connectivity index (χ2n) is 10.7. The molecular formula is C24H38O6. The van der Waals surface area contributed by atoms with Crippen molar-refractivity contribution in [2.24, 2.45) is 28.6 Å². The molecule has 0 aromatic heterocycles. The maximum absolute atomic E-state index is 13.1. The van der Waals surface area contributed by atoms with E-state index in [-0.39, 0.29) is 11.9 Å². The van der Waals surface area contributed by atoms with Gasteiger partial charge >= 0.3 is 17.9 Å². The van der Waals surface area contributed by atoms with Crippen molar-refractivity contribution in [1.29, 1.82) is 0 Å². The summed E-state index contributed by atoms with van der Waals surface area (Å²) in [6.07, 6.45) is 7.23. The van der Waals surface area contributed by atoms with E-state index in [9.17, 15) is 19.5 Å². The summed E-state index contributed by atoms with van der Waals surface area (Å²) in [4.78, 5) is 37.7. The van der Waals surface area contributed by atoms with Crippen LogP contribution < -0.4 is 0 Å². The Bertz CT molecular complexity index is 671. The Hall–Kier alpha value is -1.59. The van der Waals surface area contributed by atoms with E-state index in [1.54, 1.807) is 0 Å².